The maximum atomic E-state index is 12.6. The summed E-state index contributed by atoms with van der Waals surface area (Å²) in [6, 6.07) is 6.48. The second-order valence-corrected chi connectivity index (χ2v) is 7.37. The summed E-state index contributed by atoms with van der Waals surface area (Å²) >= 11 is 5.83. The van der Waals surface area contributed by atoms with E-state index >= 15 is 0 Å². The minimum Gasteiger partial charge on any atom is -0.443 e. The first kappa shape index (κ1) is 18.3. The number of hydrazine groups is 1. The molecule has 0 unspecified atom stereocenters. The van der Waals surface area contributed by atoms with Crippen molar-refractivity contribution in [2.24, 2.45) is 0 Å². The number of nitrogens with one attached hydrogen (secondary N) is 1. The van der Waals surface area contributed by atoms with Crippen LogP contribution in [-0.4, -0.2) is 28.1 Å². The molecule has 6 heteroatoms. The number of ether oxygens (including phenoxy) is 1. The summed E-state index contributed by atoms with van der Waals surface area (Å²) < 4.78 is 5.20. The number of hydrogen-bond donors (Lipinski definition) is 1. The molecule has 2 amide bonds. The maximum absolute atomic E-state index is 12.6. The lowest BCUT2D eigenvalue weighted by atomic mass is 10.1. The van der Waals surface area contributed by atoms with Gasteiger partial charge in [-0.15, -0.1) is 0 Å². The normalized spacial score (nSPS) is 11.8. The summed E-state index contributed by atoms with van der Waals surface area (Å²) in [5.74, 6) is -0.338. The lowest BCUT2D eigenvalue weighted by Crippen LogP contribution is -2.56. The van der Waals surface area contributed by atoms with Crippen LogP contribution in [0.3, 0.4) is 0 Å². The second-order valence-electron chi connectivity index (χ2n) is 6.93. The Balaban J connectivity index is 2.96. The SMILES string of the molecule is CC(C)(C)OC(=O)NN(C(=O)c1ccc(Cl)cc1)C(C)(C)C. The highest BCUT2D eigenvalue weighted by atomic mass is 35.5. The molecule has 1 N–H and O–H groups in total. The Labute approximate surface area is 136 Å². The van der Waals surface area contributed by atoms with Crippen LogP contribution in [0.25, 0.3) is 0 Å². The second kappa shape index (κ2) is 6.57. The van der Waals surface area contributed by atoms with E-state index in [0.717, 1.165) is 0 Å². The third kappa shape index (κ3) is 5.56. The monoisotopic (exact) mass is 326 g/mol. The van der Waals surface area contributed by atoms with Crippen molar-refractivity contribution in [3.63, 3.8) is 0 Å². The highest BCUT2D eigenvalue weighted by Crippen LogP contribution is 2.17. The van der Waals surface area contributed by atoms with Crippen molar-refractivity contribution < 1.29 is 14.3 Å². The van der Waals surface area contributed by atoms with Crippen molar-refractivity contribution in [3.05, 3.63) is 34.9 Å². The zero-order valence-corrected chi connectivity index (χ0v) is 14.6. The molecule has 1 aromatic carbocycles. The van der Waals surface area contributed by atoms with E-state index in [1.54, 1.807) is 45.0 Å². The van der Waals surface area contributed by atoms with E-state index in [4.69, 9.17) is 16.3 Å². The van der Waals surface area contributed by atoms with E-state index in [1.165, 1.54) is 5.01 Å². The number of halogens is 1. The molecule has 0 saturated carbocycles. The Morgan fingerprint density at radius 1 is 1.05 bits per heavy atom. The van der Waals surface area contributed by atoms with Gasteiger partial charge in [-0.1, -0.05) is 11.6 Å². The van der Waals surface area contributed by atoms with Crippen LogP contribution in [0, 0.1) is 0 Å². The first-order valence-electron chi connectivity index (χ1n) is 7.00. The van der Waals surface area contributed by atoms with Gasteiger partial charge in [0, 0.05) is 10.6 Å². The molecule has 0 aliphatic rings. The first-order chi connectivity index (χ1) is 9.90. The fourth-order valence-electron chi connectivity index (χ4n) is 1.64. The molecule has 1 aromatic rings. The quantitative estimate of drug-likeness (QED) is 0.793. The predicted octanol–water partition coefficient (Wildman–Crippen LogP) is 4.02. The van der Waals surface area contributed by atoms with Crippen molar-refractivity contribution in [1.29, 1.82) is 0 Å². The number of carbonyl (C=O) groups excluding carboxylic acids is 2. The first-order valence-corrected chi connectivity index (χ1v) is 7.38. The lowest BCUT2D eigenvalue weighted by Gasteiger charge is -2.36. The molecule has 22 heavy (non-hydrogen) atoms. The largest absolute Gasteiger partial charge is 0.443 e. The summed E-state index contributed by atoms with van der Waals surface area (Å²) in [5, 5.41) is 1.79. The number of amides is 2. The Hall–Kier alpha value is -1.75. The van der Waals surface area contributed by atoms with Crippen molar-refractivity contribution >= 4 is 23.6 Å². The Bertz CT molecular complexity index is 542. The number of hydrogen-bond acceptors (Lipinski definition) is 3. The smallest absolute Gasteiger partial charge is 0.426 e. The van der Waals surface area contributed by atoms with E-state index in [2.05, 4.69) is 5.43 Å². The van der Waals surface area contributed by atoms with Gasteiger partial charge in [0.05, 0.1) is 5.54 Å². The molecule has 0 atom stereocenters. The molecular weight excluding hydrogens is 304 g/mol. The summed E-state index contributed by atoms with van der Waals surface area (Å²) in [4.78, 5) is 24.6. The molecule has 0 aromatic heterocycles. The Kier molecular flexibility index (Phi) is 5.46. The molecule has 5 nitrogen and oxygen atoms in total. The van der Waals surface area contributed by atoms with Crippen molar-refractivity contribution in [2.75, 3.05) is 0 Å². The molecule has 0 heterocycles. The van der Waals surface area contributed by atoms with Crippen LogP contribution in [0.1, 0.15) is 51.9 Å². The Morgan fingerprint density at radius 3 is 1.95 bits per heavy atom. The van der Waals surface area contributed by atoms with Gasteiger partial charge >= 0.3 is 6.09 Å². The van der Waals surface area contributed by atoms with E-state index in [1.807, 2.05) is 20.8 Å². The third-order valence-electron chi connectivity index (χ3n) is 2.57. The van der Waals surface area contributed by atoms with Crippen molar-refractivity contribution in [1.82, 2.24) is 10.4 Å². The van der Waals surface area contributed by atoms with Crippen LogP contribution in [0.4, 0.5) is 4.79 Å². The third-order valence-corrected chi connectivity index (χ3v) is 2.82. The van der Waals surface area contributed by atoms with Gasteiger partial charge in [0.2, 0.25) is 0 Å². The minimum absolute atomic E-state index is 0.338. The zero-order chi connectivity index (χ0) is 17.1. The van der Waals surface area contributed by atoms with Crippen LogP contribution in [0.5, 0.6) is 0 Å². The summed E-state index contributed by atoms with van der Waals surface area (Å²) in [6.45, 7) is 10.7. The van der Waals surface area contributed by atoms with Crippen molar-refractivity contribution in [3.8, 4) is 0 Å². The standard InChI is InChI=1S/C16H23ClN2O3/c1-15(2,3)19(18-14(21)22-16(4,5)6)13(20)11-7-9-12(17)10-8-11/h7-10H,1-6H3,(H,18,21). The highest BCUT2D eigenvalue weighted by Gasteiger charge is 2.30. The molecular formula is C16H23ClN2O3. The van der Waals surface area contributed by atoms with Gasteiger partial charge in [-0.3, -0.25) is 4.79 Å². The van der Waals surface area contributed by atoms with Gasteiger partial charge in [0.15, 0.2) is 0 Å². The van der Waals surface area contributed by atoms with E-state index in [9.17, 15) is 9.59 Å². The van der Waals surface area contributed by atoms with Gasteiger partial charge in [-0.25, -0.2) is 15.2 Å². The number of nitrogens with zero attached hydrogens (tertiary/aromatic N) is 1. The lowest BCUT2D eigenvalue weighted by molar-refractivity contribution is 0.0118. The number of benzene rings is 1. The fourth-order valence-corrected chi connectivity index (χ4v) is 1.76. The molecule has 0 fully saturated rings. The number of carbonyl (C=O) groups is 2. The molecule has 0 aliphatic heterocycles. The van der Waals surface area contributed by atoms with Crippen LogP contribution < -0.4 is 5.43 Å². The van der Waals surface area contributed by atoms with Crippen LogP contribution >= 0.6 is 11.6 Å². The number of rotatable bonds is 1. The molecule has 122 valence electrons. The average Bonchev–Trinajstić information content (AvgIpc) is 2.32. The molecule has 0 spiro atoms. The van der Waals surface area contributed by atoms with Gasteiger partial charge < -0.3 is 4.74 Å². The molecule has 0 bridgehead atoms. The predicted molar refractivity (Wildman–Crippen MR) is 86.7 cm³/mol. The fraction of sp³-hybridized carbons (Fsp3) is 0.500. The van der Waals surface area contributed by atoms with Gasteiger partial charge in [0.25, 0.3) is 5.91 Å². The van der Waals surface area contributed by atoms with Gasteiger partial charge in [0.1, 0.15) is 5.60 Å². The maximum Gasteiger partial charge on any atom is 0.426 e. The van der Waals surface area contributed by atoms with Crippen LogP contribution in [0.2, 0.25) is 5.02 Å². The van der Waals surface area contributed by atoms with E-state index in [-0.39, 0.29) is 5.91 Å². The average molecular weight is 327 g/mol. The molecule has 0 aliphatic carbocycles. The summed E-state index contributed by atoms with van der Waals surface area (Å²) in [6.07, 6.45) is -0.676. The zero-order valence-electron chi connectivity index (χ0n) is 13.9. The van der Waals surface area contributed by atoms with Gasteiger partial charge in [-0.2, -0.15) is 0 Å². The summed E-state index contributed by atoms with van der Waals surface area (Å²) in [7, 11) is 0. The minimum atomic E-state index is -0.676. The molecule has 1 rings (SSSR count). The highest BCUT2D eigenvalue weighted by molar-refractivity contribution is 6.30. The molecule has 0 radical (unpaired) electrons. The van der Waals surface area contributed by atoms with Crippen LogP contribution in [0.15, 0.2) is 24.3 Å². The Morgan fingerprint density at radius 2 is 1.55 bits per heavy atom. The van der Waals surface area contributed by atoms with E-state index in [0.29, 0.717) is 10.6 Å². The molecule has 0 saturated heterocycles. The topological polar surface area (TPSA) is 58.6 Å². The van der Waals surface area contributed by atoms with Crippen molar-refractivity contribution in [2.45, 2.75) is 52.7 Å². The van der Waals surface area contributed by atoms with E-state index < -0.39 is 17.2 Å². The summed E-state index contributed by atoms with van der Waals surface area (Å²) in [5.41, 5.74) is 1.68. The van der Waals surface area contributed by atoms with Crippen LogP contribution in [-0.2, 0) is 4.74 Å². The van der Waals surface area contributed by atoms with Gasteiger partial charge in [-0.05, 0) is 65.8 Å².